The molecule has 0 spiro atoms. The first kappa shape index (κ1) is 35.8. The summed E-state index contributed by atoms with van der Waals surface area (Å²) < 4.78 is 25.0. The molecule has 4 atom stereocenters. The van der Waals surface area contributed by atoms with E-state index < -0.39 is 0 Å². The largest absolute Gasteiger partial charge is 0.487 e. The molecule has 2 saturated heterocycles. The van der Waals surface area contributed by atoms with Gasteiger partial charge < -0.3 is 18.9 Å². The average molecular weight is 621 g/mol. The van der Waals surface area contributed by atoms with Gasteiger partial charge in [0.1, 0.15) is 35.9 Å². The van der Waals surface area contributed by atoms with E-state index in [0.717, 1.165) is 56.8 Å². The third kappa shape index (κ3) is 7.92. The fourth-order valence-electron chi connectivity index (χ4n) is 6.02. The van der Waals surface area contributed by atoms with Crippen LogP contribution < -0.4 is 9.47 Å². The summed E-state index contributed by atoms with van der Waals surface area (Å²) in [6.45, 7) is 34.0. The minimum Gasteiger partial charge on any atom is -0.487 e. The summed E-state index contributed by atoms with van der Waals surface area (Å²) in [4.78, 5) is 0. The number of epoxide rings is 2. The van der Waals surface area contributed by atoms with Crippen LogP contribution in [0.15, 0.2) is 24.3 Å². The summed E-state index contributed by atoms with van der Waals surface area (Å²) in [5.74, 6) is 2.14. The second-order valence-corrected chi connectivity index (χ2v) is 16.6. The van der Waals surface area contributed by atoms with Crippen molar-refractivity contribution in [2.45, 2.75) is 175 Å². The Hall–Kier alpha value is -2.04. The van der Waals surface area contributed by atoms with Crippen LogP contribution in [0, 0.1) is 0 Å². The van der Waals surface area contributed by atoms with Gasteiger partial charge in [0.15, 0.2) is 0 Å². The first-order chi connectivity index (χ1) is 20.9. The Morgan fingerprint density at radius 2 is 0.800 bits per heavy atom. The van der Waals surface area contributed by atoms with Crippen molar-refractivity contribution < 1.29 is 18.9 Å². The van der Waals surface area contributed by atoms with Crippen molar-refractivity contribution in [3.8, 4) is 11.5 Å². The minimum atomic E-state index is -0.0303. The molecule has 0 N–H and O–H groups in total. The van der Waals surface area contributed by atoms with Gasteiger partial charge in [0.25, 0.3) is 0 Å². The van der Waals surface area contributed by atoms with Gasteiger partial charge in [0, 0.05) is 22.3 Å². The number of rotatable bonds is 16. The van der Waals surface area contributed by atoms with Gasteiger partial charge in [-0.25, -0.2) is 0 Å². The van der Waals surface area contributed by atoms with Crippen LogP contribution in [0.3, 0.4) is 0 Å². The molecule has 4 nitrogen and oxygen atoms in total. The highest BCUT2D eigenvalue weighted by Crippen LogP contribution is 2.47. The van der Waals surface area contributed by atoms with Gasteiger partial charge in [0.05, 0.1) is 13.2 Å². The molecule has 0 bridgehead atoms. The van der Waals surface area contributed by atoms with Crippen LogP contribution >= 0.6 is 0 Å². The Labute approximate surface area is 276 Å². The Balaban J connectivity index is 1.92. The molecule has 0 radical (unpaired) electrons. The van der Waals surface area contributed by atoms with E-state index in [-0.39, 0.29) is 46.1 Å². The van der Waals surface area contributed by atoms with Crippen LogP contribution in [0.5, 0.6) is 11.5 Å². The highest BCUT2D eigenvalue weighted by atomic mass is 16.6. The lowest BCUT2D eigenvalue weighted by Crippen LogP contribution is -2.28. The molecule has 2 fully saturated rings. The highest BCUT2D eigenvalue weighted by molar-refractivity contribution is 5.55. The second-order valence-electron chi connectivity index (χ2n) is 16.6. The molecular weight excluding hydrogens is 556 g/mol. The zero-order chi connectivity index (χ0) is 33.5. The van der Waals surface area contributed by atoms with Gasteiger partial charge in [-0.2, -0.15) is 0 Å². The smallest absolute Gasteiger partial charge is 0.127 e. The summed E-state index contributed by atoms with van der Waals surface area (Å²) in [5, 5.41) is 0. The number of ether oxygens (including phenoxy) is 4. The lowest BCUT2D eigenvalue weighted by molar-refractivity contribution is 0.168. The van der Waals surface area contributed by atoms with Crippen molar-refractivity contribution in [3.05, 3.63) is 57.6 Å². The number of hydrogen-bond donors (Lipinski definition) is 0. The molecule has 2 aliphatic heterocycles. The van der Waals surface area contributed by atoms with Crippen LogP contribution in [-0.4, -0.2) is 37.6 Å². The normalized spacial score (nSPS) is 20.1. The highest BCUT2D eigenvalue weighted by Gasteiger charge is 2.38. The Kier molecular flexibility index (Phi) is 10.5. The first-order valence-corrected chi connectivity index (χ1v) is 17.8. The van der Waals surface area contributed by atoms with Gasteiger partial charge in [-0.05, 0) is 78.7 Å². The maximum Gasteiger partial charge on any atom is 0.127 e. The van der Waals surface area contributed by atoms with Crippen molar-refractivity contribution in [2.24, 2.45) is 0 Å². The molecule has 2 aromatic carbocycles. The second kappa shape index (κ2) is 13.2. The molecule has 0 saturated carbocycles. The fraction of sp³-hybridized carbons (Fsp3) is 0.707. The molecule has 2 heterocycles. The molecule has 4 rings (SSSR count). The topological polar surface area (TPSA) is 43.5 Å². The maximum absolute atomic E-state index is 6.86. The minimum absolute atomic E-state index is 0.0299. The fourth-order valence-corrected chi connectivity index (χ4v) is 6.02. The molecule has 0 aliphatic carbocycles. The SMILES string of the molecule is CCC(C)(C)c1cc(Cc2cc(C(C)(C)CC)c(OC(C)C3CO3)c(C(C)(C)CC)c2)cc(C(C)(C)CC)c1OC(C)C1CO1. The molecule has 252 valence electrons. The van der Waals surface area contributed by atoms with Gasteiger partial charge in [-0.1, -0.05) is 107 Å². The van der Waals surface area contributed by atoms with Crippen LogP contribution in [0.4, 0.5) is 0 Å². The number of hydrogen-bond acceptors (Lipinski definition) is 4. The van der Waals surface area contributed by atoms with Crippen molar-refractivity contribution in [3.63, 3.8) is 0 Å². The monoisotopic (exact) mass is 620 g/mol. The quantitative estimate of drug-likeness (QED) is 0.175. The van der Waals surface area contributed by atoms with E-state index in [1.165, 1.54) is 33.4 Å². The molecule has 0 amide bonds. The molecular formula is C41H64O4. The molecule has 2 aromatic rings. The van der Waals surface area contributed by atoms with Gasteiger partial charge in [0.2, 0.25) is 0 Å². The third-order valence-corrected chi connectivity index (χ3v) is 11.5. The summed E-state index contributed by atoms with van der Waals surface area (Å²) in [5.41, 5.74) is 7.82. The van der Waals surface area contributed by atoms with E-state index in [0.29, 0.717) is 0 Å². The number of benzene rings is 2. The van der Waals surface area contributed by atoms with Crippen LogP contribution in [0.25, 0.3) is 0 Å². The molecule has 2 aliphatic rings. The van der Waals surface area contributed by atoms with E-state index in [9.17, 15) is 0 Å². The van der Waals surface area contributed by atoms with Crippen molar-refractivity contribution in [1.29, 1.82) is 0 Å². The van der Waals surface area contributed by atoms with E-state index in [1.54, 1.807) is 0 Å². The van der Waals surface area contributed by atoms with Crippen molar-refractivity contribution in [1.82, 2.24) is 0 Å². The van der Waals surface area contributed by atoms with E-state index in [2.05, 4.69) is 121 Å². The molecule has 4 unspecified atom stereocenters. The molecule has 0 aromatic heterocycles. The van der Waals surface area contributed by atoms with Crippen molar-refractivity contribution in [2.75, 3.05) is 13.2 Å². The van der Waals surface area contributed by atoms with Crippen LogP contribution in [0.1, 0.15) is 156 Å². The average Bonchev–Trinajstić information content (AvgIpc) is 3.90. The zero-order valence-corrected chi connectivity index (χ0v) is 31.2. The zero-order valence-electron chi connectivity index (χ0n) is 31.2. The lowest BCUT2D eigenvalue weighted by atomic mass is 9.73. The molecule has 4 heteroatoms. The van der Waals surface area contributed by atoms with Crippen LogP contribution in [-0.2, 0) is 37.6 Å². The molecule has 45 heavy (non-hydrogen) atoms. The maximum atomic E-state index is 6.86. The van der Waals surface area contributed by atoms with Gasteiger partial charge >= 0.3 is 0 Å². The summed E-state index contributed by atoms with van der Waals surface area (Å²) in [6.07, 6.45) is 5.44. The van der Waals surface area contributed by atoms with Gasteiger partial charge in [-0.3, -0.25) is 0 Å². The predicted octanol–water partition coefficient (Wildman–Crippen LogP) is 10.4. The Morgan fingerprint density at radius 3 is 1.00 bits per heavy atom. The summed E-state index contributed by atoms with van der Waals surface area (Å²) in [7, 11) is 0. The Morgan fingerprint density at radius 1 is 0.556 bits per heavy atom. The third-order valence-electron chi connectivity index (χ3n) is 11.5. The summed E-state index contributed by atoms with van der Waals surface area (Å²) in [6, 6.07) is 9.78. The lowest BCUT2D eigenvalue weighted by Gasteiger charge is -2.35. The van der Waals surface area contributed by atoms with E-state index in [4.69, 9.17) is 18.9 Å². The Bertz CT molecular complexity index is 1150. The standard InChI is InChI=1S/C41H64O4/c1-15-38(7,8)30-20-28(21-31(39(9,10)16-2)36(30)44-26(5)34-24-42-34)19-29-22-32(40(11,12)17-3)37(45-27(6)35-25-43-35)33(23-29)41(13,14)18-4/h20-23,26-27,34-35H,15-19,24-25H2,1-14H3. The van der Waals surface area contributed by atoms with E-state index in [1.807, 2.05) is 0 Å². The summed E-state index contributed by atoms with van der Waals surface area (Å²) >= 11 is 0. The van der Waals surface area contributed by atoms with Crippen molar-refractivity contribution >= 4 is 0 Å². The van der Waals surface area contributed by atoms with E-state index >= 15 is 0 Å². The first-order valence-electron chi connectivity index (χ1n) is 17.8. The van der Waals surface area contributed by atoms with Gasteiger partial charge in [-0.15, -0.1) is 0 Å². The van der Waals surface area contributed by atoms with Crippen LogP contribution in [0.2, 0.25) is 0 Å². The predicted molar refractivity (Wildman–Crippen MR) is 189 cm³/mol.